The van der Waals surface area contributed by atoms with Gasteiger partial charge in [0.1, 0.15) is 23.4 Å². The fourth-order valence-corrected chi connectivity index (χ4v) is 3.19. The normalized spacial score (nSPS) is 15.8. The minimum Gasteiger partial charge on any atom is -0.507 e. The van der Waals surface area contributed by atoms with Crippen molar-refractivity contribution in [2.45, 2.75) is 13.0 Å². The summed E-state index contributed by atoms with van der Waals surface area (Å²) < 4.78 is 11.1. The first kappa shape index (κ1) is 17.9. The van der Waals surface area contributed by atoms with Crippen molar-refractivity contribution in [2.24, 2.45) is 0 Å². The summed E-state index contributed by atoms with van der Waals surface area (Å²) in [4.78, 5) is 16.5. The Morgan fingerprint density at radius 1 is 1.35 bits per heavy atom. The van der Waals surface area contributed by atoms with Gasteiger partial charge >= 0.3 is 0 Å². The van der Waals surface area contributed by atoms with E-state index in [1.807, 2.05) is 24.3 Å². The number of hydrogen-bond donors (Lipinski definition) is 1. The topological polar surface area (TPSA) is 62.2 Å². The predicted octanol–water partition coefficient (Wildman–Crippen LogP) is 2.76. The van der Waals surface area contributed by atoms with Crippen LogP contribution in [0.4, 0.5) is 5.69 Å². The lowest BCUT2D eigenvalue weighted by Crippen LogP contribution is -2.46. The van der Waals surface area contributed by atoms with E-state index in [1.54, 1.807) is 24.1 Å². The molecule has 0 saturated carbocycles. The lowest BCUT2D eigenvalue weighted by molar-refractivity contribution is 0.0706. The molecule has 6 nitrogen and oxygen atoms in total. The van der Waals surface area contributed by atoms with Crippen LogP contribution in [0.25, 0.3) is 0 Å². The molecule has 138 valence electrons. The molecule has 0 radical (unpaired) electrons. The molecule has 1 amide bonds. The minimum absolute atomic E-state index is 0.0914. The molecular formula is C20H24N2O4. The quantitative estimate of drug-likeness (QED) is 0.893. The number of aromatic hydroxyl groups is 1. The van der Waals surface area contributed by atoms with Crippen LogP contribution >= 0.6 is 0 Å². The number of nitrogens with zero attached hydrogens (tertiary/aromatic N) is 2. The standard InChI is InChI=1S/C20H24N2O4/c1-4-22-13-15(26-19-8-6-5-7-17(19)22)12-21(2)20(24)16-10-9-14(25-3)11-18(16)23/h5-11,15,23H,4,12-13H2,1-3H3/t15-/m0/s1. The van der Waals surface area contributed by atoms with Crippen LogP contribution in [0.2, 0.25) is 0 Å². The number of para-hydroxylation sites is 2. The number of rotatable bonds is 5. The minimum atomic E-state index is -0.254. The van der Waals surface area contributed by atoms with Crippen LogP contribution in [-0.4, -0.2) is 55.8 Å². The van der Waals surface area contributed by atoms with Gasteiger partial charge < -0.3 is 24.4 Å². The van der Waals surface area contributed by atoms with Crippen molar-refractivity contribution in [1.82, 2.24) is 4.90 Å². The molecule has 0 fully saturated rings. The molecule has 0 saturated heterocycles. The van der Waals surface area contributed by atoms with Gasteiger partial charge in [-0.1, -0.05) is 12.1 Å². The van der Waals surface area contributed by atoms with Gasteiger partial charge in [0.15, 0.2) is 0 Å². The van der Waals surface area contributed by atoms with E-state index in [0.29, 0.717) is 18.8 Å². The molecule has 1 aliphatic heterocycles. The second-order valence-electron chi connectivity index (χ2n) is 6.31. The van der Waals surface area contributed by atoms with Gasteiger partial charge in [-0.3, -0.25) is 4.79 Å². The molecule has 3 rings (SSSR count). The van der Waals surface area contributed by atoms with Crippen molar-refractivity contribution in [3.05, 3.63) is 48.0 Å². The van der Waals surface area contributed by atoms with Gasteiger partial charge in [-0.15, -0.1) is 0 Å². The summed E-state index contributed by atoms with van der Waals surface area (Å²) in [5.74, 6) is 0.994. The van der Waals surface area contributed by atoms with E-state index in [-0.39, 0.29) is 23.3 Å². The van der Waals surface area contributed by atoms with Crippen molar-refractivity contribution >= 4 is 11.6 Å². The van der Waals surface area contributed by atoms with Crippen LogP contribution in [-0.2, 0) is 0 Å². The average molecular weight is 356 g/mol. The zero-order valence-corrected chi connectivity index (χ0v) is 15.3. The van der Waals surface area contributed by atoms with Crippen LogP contribution in [0.15, 0.2) is 42.5 Å². The van der Waals surface area contributed by atoms with Gasteiger partial charge in [0, 0.05) is 19.7 Å². The van der Waals surface area contributed by atoms with E-state index in [1.165, 1.54) is 13.2 Å². The Morgan fingerprint density at radius 2 is 2.12 bits per heavy atom. The predicted molar refractivity (Wildman–Crippen MR) is 100 cm³/mol. The maximum Gasteiger partial charge on any atom is 0.257 e. The summed E-state index contributed by atoms with van der Waals surface area (Å²) >= 11 is 0. The Morgan fingerprint density at radius 3 is 2.81 bits per heavy atom. The molecule has 2 aromatic rings. The zero-order chi connectivity index (χ0) is 18.7. The maximum atomic E-state index is 12.7. The number of methoxy groups -OCH3 is 1. The molecular weight excluding hydrogens is 332 g/mol. The Bertz CT molecular complexity index is 793. The Balaban J connectivity index is 1.72. The molecule has 1 heterocycles. The molecule has 0 aromatic heterocycles. The fraction of sp³-hybridized carbons (Fsp3) is 0.350. The molecule has 26 heavy (non-hydrogen) atoms. The van der Waals surface area contributed by atoms with Crippen molar-refractivity contribution in [1.29, 1.82) is 0 Å². The van der Waals surface area contributed by atoms with Crippen molar-refractivity contribution in [2.75, 3.05) is 38.7 Å². The van der Waals surface area contributed by atoms with Gasteiger partial charge in [-0.2, -0.15) is 0 Å². The number of phenols is 1. The Hall–Kier alpha value is -2.89. The second-order valence-corrected chi connectivity index (χ2v) is 6.31. The molecule has 2 aromatic carbocycles. The first-order valence-corrected chi connectivity index (χ1v) is 8.66. The van der Waals surface area contributed by atoms with Gasteiger partial charge in [0.25, 0.3) is 5.91 Å². The number of anilines is 1. The molecule has 6 heteroatoms. The molecule has 1 aliphatic rings. The van der Waals surface area contributed by atoms with Crippen LogP contribution in [0.1, 0.15) is 17.3 Å². The monoisotopic (exact) mass is 356 g/mol. The summed E-state index contributed by atoms with van der Waals surface area (Å²) in [7, 11) is 3.23. The lowest BCUT2D eigenvalue weighted by Gasteiger charge is -2.37. The van der Waals surface area contributed by atoms with Crippen molar-refractivity contribution < 1.29 is 19.4 Å². The third kappa shape index (κ3) is 3.54. The number of likely N-dealkylation sites (N-methyl/N-ethyl adjacent to an activating group) is 2. The summed E-state index contributed by atoms with van der Waals surface area (Å²) in [5.41, 5.74) is 1.32. The van der Waals surface area contributed by atoms with Crippen LogP contribution in [0.5, 0.6) is 17.2 Å². The number of carbonyl (C=O) groups excluding carboxylic acids is 1. The SMILES string of the molecule is CCN1C[C@H](CN(C)C(=O)c2ccc(OC)cc2O)Oc2ccccc21. The van der Waals surface area contributed by atoms with Gasteiger partial charge in [-0.25, -0.2) is 0 Å². The molecule has 0 aliphatic carbocycles. The van der Waals surface area contributed by atoms with Gasteiger partial charge in [0.05, 0.1) is 31.5 Å². The van der Waals surface area contributed by atoms with E-state index >= 15 is 0 Å². The van der Waals surface area contributed by atoms with Crippen LogP contribution < -0.4 is 14.4 Å². The number of carbonyl (C=O) groups is 1. The lowest BCUT2D eigenvalue weighted by atomic mass is 10.1. The highest BCUT2D eigenvalue weighted by Crippen LogP contribution is 2.33. The van der Waals surface area contributed by atoms with Crippen molar-refractivity contribution in [3.63, 3.8) is 0 Å². The zero-order valence-electron chi connectivity index (χ0n) is 15.3. The Kier molecular flexibility index (Phi) is 5.21. The highest BCUT2D eigenvalue weighted by Gasteiger charge is 2.27. The largest absolute Gasteiger partial charge is 0.507 e. The van der Waals surface area contributed by atoms with Crippen LogP contribution in [0.3, 0.4) is 0 Å². The van der Waals surface area contributed by atoms with Crippen molar-refractivity contribution in [3.8, 4) is 17.2 Å². The number of amides is 1. The third-order valence-electron chi connectivity index (χ3n) is 4.56. The highest BCUT2D eigenvalue weighted by atomic mass is 16.5. The molecule has 0 spiro atoms. The summed E-state index contributed by atoms with van der Waals surface area (Å²) in [5, 5.41) is 10.1. The number of phenolic OH excluding ortho intramolecular Hbond substituents is 1. The molecule has 0 unspecified atom stereocenters. The summed E-state index contributed by atoms with van der Waals surface area (Å²) in [6.45, 7) is 4.10. The summed E-state index contributed by atoms with van der Waals surface area (Å²) in [6, 6.07) is 12.6. The van der Waals surface area contributed by atoms with Gasteiger partial charge in [-0.05, 0) is 31.2 Å². The number of ether oxygens (including phenoxy) is 2. The number of fused-ring (bicyclic) bond motifs is 1. The Labute approximate surface area is 153 Å². The molecule has 0 bridgehead atoms. The average Bonchev–Trinajstić information content (AvgIpc) is 2.66. The third-order valence-corrected chi connectivity index (χ3v) is 4.56. The fourth-order valence-electron chi connectivity index (χ4n) is 3.19. The smallest absolute Gasteiger partial charge is 0.257 e. The van der Waals surface area contributed by atoms with Gasteiger partial charge in [0.2, 0.25) is 0 Å². The molecule has 1 atom stereocenters. The number of benzene rings is 2. The van der Waals surface area contributed by atoms with E-state index in [2.05, 4.69) is 11.8 Å². The van der Waals surface area contributed by atoms with Crippen LogP contribution in [0, 0.1) is 0 Å². The van der Waals surface area contributed by atoms with E-state index in [4.69, 9.17) is 9.47 Å². The highest BCUT2D eigenvalue weighted by molar-refractivity contribution is 5.96. The van der Waals surface area contributed by atoms with E-state index < -0.39 is 0 Å². The first-order chi connectivity index (χ1) is 12.5. The first-order valence-electron chi connectivity index (χ1n) is 8.66. The van der Waals surface area contributed by atoms with E-state index in [9.17, 15) is 9.90 Å². The second kappa shape index (κ2) is 7.56. The summed E-state index contributed by atoms with van der Waals surface area (Å²) in [6.07, 6.45) is -0.140. The maximum absolute atomic E-state index is 12.7. The van der Waals surface area contributed by atoms with E-state index in [0.717, 1.165) is 18.0 Å². The molecule has 1 N–H and O–H groups in total. The number of hydrogen-bond acceptors (Lipinski definition) is 5.